The van der Waals surface area contributed by atoms with E-state index >= 15 is 0 Å². The molecule has 0 atom stereocenters. The van der Waals surface area contributed by atoms with Crippen molar-refractivity contribution in [2.24, 2.45) is 0 Å². The topological polar surface area (TPSA) is 29.5 Å². The first-order valence-electron chi connectivity index (χ1n) is 11.7. The molecule has 0 spiro atoms. The van der Waals surface area contributed by atoms with Gasteiger partial charge < -0.3 is 9.64 Å². The first-order chi connectivity index (χ1) is 13.1. The Labute approximate surface area is 169 Å². The van der Waals surface area contributed by atoms with E-state index in [0.717, 1.165) is 19.6 Å². The van der Waals surface area contributed by atoms with E-state index in [0.29, 0.717) is 12.2 Å². The Kier molecular flexibility index (Phi) is 19.3. The summed E-state index contributed by atoms with van der Waals surface area (Å²) in [5.41, 5.74) is 0.477. The van der Waals surface area contributed by atoms with E-state index < -0.39 is 0 Å². The third-order valence-corrected chi connectivity index (χ3v) is 5.26. The number of ether oxygens (including phenoxy) is 1. The fraction of sp³-hybridized carbons (Fsp3) is 0.875. The van der Waals surface area contributed by atoms with Crippen LogP contribution in [0, 0.1) is 0 Å². The van der Waals surface area contributed by atoms with Crippen molar-refractivity contribution in [3.63, 3.8) is 0 Å². The summed E-state index contributed by atoms with van der Waals surface area (Å²) in [6.07, 6.45) is 19.5. The maximum absolute atomic E-state index is 11.4. The number of carbonyl (C=O) groups is 1. The van der Waals surface area contributed by atoms with Crippen molar-refractivity contribution in [3.05, 3.63) is 12.2 Å². The van der Waals surface area contributed by atoms with Crippen molar-refractivity contribution >= 4 is 5.97 Å². The number of rotatable bonds is 20. The van der Waals surface area contributed by atoms with Gasteiger partial charge in [-0.05, 0) is 26.4 Å². The molecule has 0 aliphatic heterocycles. The summed E-state index contributed by atoms with van der Waals surface area (Å²) >= 11 is 0. The van der Waals surface area contributed by atoms with Gasteiger partial charge in [0.2, 0.25) is 0 Å². The average Bonchev–Trinajstić information content (AvgIpc) is 2.66. The molecule has 0 N–H and O–H groups in total. The van der Waals surface area contributed by atoms with Crippen LogP contribution in [-0.2, 0) is 9.53 Å². The smallest absolute Gasteiger partial charge is 0.333 e. The Morgan fingerprint density at radius 3 is 1.59 bits per heavy atom. The zero-order valence-electron chi connectivity index (χ0n) is 18.7. The molecule has 0 aliphatic rings. The normalized spacial score (nSPS) is 11.1. The van der Waals surface area contributed by atoms with E-state index in [1.165, 1.54) is 89.9 Å². The molecule has 27 heavy (non-hydrogen) atoms. The third kappa shape index (κ3) is 18.3. The van der Waals surface area contributed by atoms with Crippen LogP contribution in [0.2, 0.25) is 0 Å². The molecule has 0 bridgehead atoms. The lowest BCUT2D eigenvalue weighted by molar-refractivity contribution is -0.139. The zero-order valence-corrected chi connectivity index (χ0v) is 18.7. The summed E-state index contributed by atoms with van der Waals surface area (Å²) in [5.74, 6) is -0.275. The van der Waals surface area contributed by atoms with Gasteiger partial charge in [-0.1, -0.05) is 104 Å². The molecule has 0 radical (unpaired) electrons. The van der Waals surface area contributed by atoms with Crippen LogP contribution in [0.4, 0.5) is 0 Å². The fourth-order valence-corrected chi connectivity index (χ4v) is 3.35. The molecular formula is C24H47NO2. The summed E-state index contributed by atoms with van der Waals surface area (Å²) in [5, 5.41) is 0. The minimum absolute atomic E-state index is 0.275. The summed E-state index contributed by atoms with van der Waals surface area (Å²) in [4.78, 5) is 13.7. The standard InChI is InChI=1S/C24H47NO2/c1-5-7-8-9-10-11-12-13-14-15-16-17-18-19-20-25(6-2)21-22-27-24(26)23(3)4/h3,5-22H2,1-2,4H3. The second-order valence-corrected chi connectivity index (χ2v) is 7.95. The monoisotopic (exact) mass is 381 g/mol. The fourth-order valence-electron chi connectivity index (χ4n) is 3.35. The van der Waals surface area contributed by atoms with Gasteiger partial charge in [0, 0.05) is 12.1 Å². The van der Waals surface area contributed by atoms with Gasteiger partial charge in [-0.3, -0.25) is 0 Å². The highest BCUT2D eigenvalue weighted by atomic mass is 16.5. The molecule has 0 aliphatic carbocycles. The largest absolute Gasteiger partial charge is 0.461 e. The van der Waals surface area contributed by atoms with Gasteiger partial charge in [0.15, 0.2) is 0 Å². The van der Waals surface area contributed by atoms with E-state index in [4.69, 9.17) is 4.74 Å². The molecule has 0 aromatic rings. The molecule has 3 heteroatoms. The van der Waals surface area contributed by atoms with Crippen LogP contribution in [0.1, 0.15) is 111 Å². The number of hydrogen-bond donors (Lipinski definition) is 0. The molecule has 0 fully saturated rings. The Balaban J connectivity index is 3.34. The lowest BCUT2D eigenvalue weighted by Gasteiger charge is -2.20. The van der Waals surface area contributed by atoms with Crippen LogP contribution < -0.4 is 0 Å². The molecule has 0 heterocycles. The Morgan fingerprint density at radius 2 is 1.19 bits per heavy atom. The number of carbonyl (C=O) groups excluding carboxylic acids is 1. The maximum Gasteiger partial charge on any atom is 0.333 e. The lowest BCUT2D eigenvalue weighted by atomic mass is 10.0. The Bertz CT molecular complexity index is 354. The summed E-state index contributed by atoms with van der Waals surface area (Å²) in [7, 11) is 0. The van der Waals surface area contributed by atoms with Gasteiger partial charge >= 0.3 is 5.97 Å². The molecular weight excluding hydrogens is 334 g/mol. The van der Waals surface area contributed by atoms with Crippen molar-refractivity contribution in [2.45, 2.75) is 111 Å². The molecule has 0 aromatic carbocycles. The number of likely N-dealkylation sites (N-methyl/N-ethyl adjacent to an activating group) is 1. The molecule has 0 unspecified atom stereocenters. The van der Waals surface area contributed by atoms with Crippen molar-refractivity contribution in [1.82, 2.24) is 4.90 Å². The Hall–Kier alpha value is -0.830. The lowest BCUT2D eigenvalue weighted by Crippen LogP contribution is -2.29. The number of esters is 1. The van der Waals surface area contributed by atoms with Crippen LogP contribution >= 0.6 is 0 Å². The summed E-state index contributed by atoms with van der Waals surface area (Å²) in [6.45, 7) is 13.2. The van der Waals surface area contributed by atoms with Crippen molar-refractivity contribution in [3.8, 4) is 0 Å². The first kappa shape index (κ1) is 26.2. The molecule has 3 nitrogen and oxygen atoms in total. The van der Waals surface area contributed by atoms with Gasteiger partial charge in [0.05, 0.1) is 0 Å². The molecule has 0 aromatic heterocycles. The van der Waals surface area contributed by atoms with Crippen molar-refractivity contribution in [2.75, 3.05) is 26.2 Å². The van der Waals surface area contributed by atoms with E-state index in [2.05, 4.69) is 25.3 Å². The first-order valence-corrected chi connectivity index (χ1v) is 11.7. The molecule has 0 amide bonds. The maximum atomic E-state index is 11.4. The van der Waals surface area contributed by atoms with Crippen LogP contribution in [0.5, 0.6) is 0 Å². The minimum Gasteiger partial charge on any atom is -0.461 e. The summed E-state index contributed by atoms with van der Waals surface area (Å²) in [6, 6.07) is 0. The van der Waals surface area contributed by atoms with Crippen LogP contribution in [0.3, 0.4) is 0 Å². The van der Waals surface area contributed by atoms with Crippen LogP contribution in [-0.4, -0.2) is 37.1 Å². The second-order valence-electron chi connectivity index (χ2n) is 7.95. The molecule has 160 valence electrons. The van der Waals surface area contributed by atoms with E-state index in [9.17, 15) is 4.79 Å². The molecule has 0 saturated heterocycles. The predicted octanol–water partition coefficient (Wildman–Crippen LogP) is 6.91. The molecule has 0 rings (SSSR count). The Morgan fingerprint density at radius 1 is 0.741 bits per heavy atom. The predicted molar refractivity (Wildman–Crippen MR) is 118 cm³/mol. The average molecular weight is 382 g/mol. The summed E-state index contributed by atoms with van der Waals surface area (Å²) < 4.78 is 5.18. The third-order valence-electron chi connectivity index (χ3n) is 5.26. The van der Waals surface area contributed by atoms with Crippen LogP contribution in [0.25, 0.3) is 0 Å². The second kappa shape index (κ2) is 19.9. The highest BCUT2D eigenvalue weighted by Crippen LogP contribution is 2.13. The quantitative estimate of drug-likeness (QED) is 0.130. The van der Waals surface area contributed by atoms with Gasteiger partial charge in [0.1, 0.15) is 6.61 Å². The van der Waals surface area contributed by atoms with Gasteiger partial charge in [-0.25, -0.2) is 4.79 Å². The van der Waals surface area contributed by atoms with Gasteiger partial charge in [0.25, 0.3) is 0 Å². The van der Waals surface area contributed by atoms with Crippen molar-refractivity contribution < 1.29 is 9.53 Å². The number of hydrogen-bond acceptors (Lipinski definition) is 3. The van der Waals surface area contributed by atoms with E-state index in [-0.39, 0.29) is 5.97 Å². The van der Waals surface area contributed by atoms with Gasteiger partial charge in [-0.2, -0.15) is 0 Å². The SMILES string of the molecule is C=C(C)C(=O)OCCN(CC)CCCCCCCCCCCCCCCC. The molecule has 0 saturated carbocycles. The highest BCUT2D eigenvalue weighted by Gasteiger charge is 2.06. The van der Waals surface area contributed by atoms with Crippen molar-refractivity contribution in [1.29, 1.82) is 0 Å². The van der Waals surface area contributed by atoms with Crippen LogP contribution in [0.15, 0.2) is 12.2 Å². The highest BCUT2D eigenvalue weighted by molar-refractivity contribution is 5.86. The zero-order chi connectivity index (χ0) is 20.2. The van der Waals surface area contributed by atoms with E-state index in [1.807, 2.05) is 0 Å². The van der Waals surface area contributed by atoms with E-state index in [1.54, 1.807) is 6.92 Å². The number of unbranched alkanes of at least 4 members (excludes halogenated alkanes) is 13. The van der Waals surface area contributed by atoms with Gasteiger partial charge in [-0.15, -0.1) is 0 Å². The number of nitrogens with zero attached hydrogens (tertiary/aromatic N) is 1. The minimum atomic E-state index is -0.275.